The Labute approximate surface area is 195 Å². The summed E-state index contributed by atoms with van der Waals surface area (Å²) in [6.45, 7) is 6.57. The van der Waals surface area contributed by atoms with Gasteiger partial charge in [-0.25, -0.2) is 0 Å². The summed E-state index contributed by atoms with van der Waals surface area (Å²) in [7, 11) is 0. The molecule has 3 aromatic rings. The first-order valence-electron chi connectivity index (χ1n) is 10.1. The van der Waals surface area contributed by atoms with Gasteiger partial charge in [-0.15, -0.1) is 16.8 Å². The first kappa shape index (κ1) is 22.2. The van der Waals surface area contributed by atoms with Crippen LogP contribution in [0.1, 0.15) is 30.5 Å². The Hall–Kier alpha value is -2.97. The summed E-state index contributed by atoms with van der Waals surface area (Å²) in [5, 5.41) is 12.8. The van der Waals surface area contributed by atoms with Gasteiger partial charge in [0.1, 0.15) is 6.61 Å². The van der Waals surface area contributed by atoms with Crippen LogP contribution in [0.5, 0.6) is 11.5 Å². The molecule has 32 heavy (non-hydrogen) atoms. The van der Waals surface area contributed by atoms with Crippen molar-refractivity contribution >= 4 is 29.3 Å². The average molecular weight is 471 g/mol. The third-order valence-corrected chi connectivity index (χ3v) is 6.11. The number of aromatic nitrogens is 3. The summed E-state index contributed by atoms with van der Waals surface area (Å²) in [4.78, 5) is 12.5. The molecular weight excluding hydrogens is 448 g/mol. The lowest BCUT2D eigenvalue weighted by atomic mass is 10.1. The predicted octanol–water partition coefficient (Wildman–Crippen LogP) is 4.60. The maximum Gasteiger partial charge on any atom is 0.230 e. The van der Waals surface area contributed by atoms with Crippen molar-refractivity contribution in [3.63, 3.8) is 0 Å². The number of amides is 1. The van der Waals surface area contributed by atoms with Crippen LogP contribution < -0.4 is 14.8 Å². The van der Waals surface area contributed by atoms with E-state index in [1.165, 1.54) is 11.8 Å². The molecule has 7 nitrogen and oxygen atoms in total. The fraction of sp³-hybridized carbons (Fsp3) is 0.261. The van der Waals surface area contributed by atoms with Crippen molar-refractivity contribution in [3.8, 4) is 11.5 Å². The molecule has 1 aliphatic rings. The smallest absolute Gasteiger partial charge is 0.230 e. The molecular formula is C23H23ClN4O3S. The van der Waals surface area contributed by atoms with Crippen molar-refractivity contribution in [2.24, 2.45) is 0 Å². The number of benzene rings is 2. The van der Waals surface area contributed by atoms with Gasteiger partial charge in [0.25, 0.3) is 0 Å². The highest BCUT2D eigenvalue weighted by atomic mass is 35.5. The van der Waals surface area contributed by atoms with Crippen LogP contribution in [0.2, 0.25) is 5.02 Å². The van der Waals surface area contributed by atoms with Crippen molar-refractivity contribution in [2.45, 2.75) is 30.8 Å². The highest BCUT2D eigenvalue weighted by Gasteiger charge is 2.28. The Kier molecular flexibility index (Phi) is 7.02. The molecule has 9 heteroatoms. The van der Waals surface area contributed by atoms with E-state index >= 15 is 0 Å². The molecule has 1 amide bonds. The second kappa shape index (κ2) is 10.1. The van der Waals surface area contributed by atoms with Gasteiger partial charge in [0.2, 0.25) is 5.91 Å². The molecule has 0 spiro atoms. The minimum absolute atomic E-state index is 0.108. The lowest BCUT2D eigenvalue weighted by Crippen LogP contribution is -2.28. The van der Waals surface area contributed by atoms with E-state index in [-0.39, 0.29) is 17.7 Å². The minimum Gasteiger partial charge on any atom is -0.485 e. The number of allylic oxidation sites excluding steroid dienone is 1. The Morgan fingerprint density at radius 1 is 1.31 bits per heavy atom. The summed E-state index contributed by atoms with van der Waals surface area (Å²) < 4.78 is 13.8. The van der Waals surface area contributed by atoms with Crippen LogP contribution in [0, 0.1) is 0 Å². The maximum absolute atomic E-state index is 12.5. The zero-order valence-corrected chi connectivity index (χ0v) is 19.1. The molecule has 1 N–H and O–H groups in total. The fourth-order valence-corrected chi connectivity index (χ4v) is 4.33. The lowest BCUT2D eigenvalue weighted by Gasteiger charge is -2.26. The van der Waals surface area contributed by atoms with E-state index in [2.05, 4.69) is 22.1 Å². The number of fused-ring (bicyclic) bond motifs is 1. The second-order valence-electron chi connectivity index (χ2n) is 7.24. The summed E-state index contributed by atoms with van der Waals surface area (Å²) in [5.74, 6) is 2.10. The van der Waals surface area contributed by atoms with Gasteiger partial charge in [-0.05, 0) is 36.8 Å². The number of carbonyl (C=O) groups is 1. The number of hydrogen-bond acceptors (Lipinski definition) is 6. The number of para-hydroxylation sites is 2. The molecule has 0 saturated heterocycles. The van der Waals surface area contributed by atoms with E-state index in [1.54, 1.807) is 12.1 Å². The molecule has 166 valence electrons. The van der Waals surface area contributed by atoms with Crippen LogP contribution in [0.3, 0.4) is 0 Å². The lowest BCUT2D eigenvalue weighted by molar-refractivity contribution is -0.119. The van der Waals surface area contributed by atoms with Gasteiger partial charge in [-0.2, -0.15) is 0 Å². The SMILES string of the molecule is C=CCn1c(SCC(=O)NC(C)c2cccc(Cl)c2)nnc1C1COc2ccccc2O1. The normalized spacial score (nSPS) is 15.8. The average Bonchev–Trinajstić information content (AvgIpc) is 3.20. The number of thioether (sulfide) groups is 1. The molecule has 0 bridgehead atoms. The molecule has 2 aromatic carbocycles. The van der Waals surface area contributed by atoms with Gasteiger partial charge in [0.15, 0.2) is 28.6 Å². The monoisotopic (exact) mass is 470 g/mol. The third-order valence-electron chi connectivity index (χ3n) is 4.91. The summed E-state index contributed by atoms with van der Waals surface area (Å²) in [6, 6.07) is 14.8. The molecule has 0 fully saturated rings. The van der Waals surface area contributed by atoms with Gasteiger partial charge >= 0.3 is 0 Å². The highest BCUT2D eigenvalue weighted by molar-refractivity contribution is 7.99. The van der Waals surface area contributed by atoms with E-state index in [0.717, 1.165) is 5.56 Å². The number of carbonyl (C=O) groups excluding carboxylic acids is 1. The molecule has 4 rings (SSSR count). The van der Waals surface area contributed by atoms with Crippen LogP contribution >= 0.6 is 23.4 Å². The largest absolute Gasteiger partial charge is 0.485 e. The van der Waals surface area contributed by atoms with Crippen molar-refractivity contribution in [2.75, 3.05) is 12.4 Å². The van der Waals surface area contributed by atoms with Crippen molar-refractivity contribution in [1.29, 1.82) is 0 Å². The Balaban J connectivity index is 1.41. The molecule has 2 atom stereocenters. The molecule has 2 heterocycles. The summed E-state index contributed by atoms with van der Waals surface area (Å²) >= 11 is 7.36. The first-order valence-corrected chi connectivity index (χ1v) is 11.5. The van der Waals surface area contributed by atoms with Gasteiger partial charge < -0.3 is 14.8 Å². The summed E-state index contributed by atoms with van der Waals surface area (Å²) in [6.07, 6.45) is 1.36. The molecule has 1 aliphatic heterocycles. The zero-order valence-electron chi connectivity index (χ0n) is 17.5. The van der Waals surface area contributed by atoms with Crippen LogP contribution in [-0.2, 0) is 11.3 Å². The minimum atomic E-state index is -0.400. The Morgan fingerprint density at radius 2 is 2.12 bits per heavy atom. The van der Waals surface area contributed by atoms with Crippen LogP contribution in [0.25, 0.3) is 0 Å². The molecule has 0 radical (unpaired) electrons. The second-order valence-corrected chi connectivity index (χ2v) is 8.62. The molecule has 2 unspecified atom stereocenters. The number of ether oxygens (including phenoxy) is 2. The van der Waals surface area contributed by atoms with Crippen LogP contribution in [0.4, 0.5) is 0 Å². The molecule has 0 aliphatic carbocycles. The Morgan fingerprint density at radius 3 is 2.91 bits per heavy atom. The number of nitrogens with zero attached hydrogens (tertiary/aromatic N) is 3. The van der Waals surface area contributed by atoms with Crippen molar-refractivity contribution in [3.05, 3.63) is 77.6 Å². The number of halogens is 1. The van der Waals surface area contributed by atoms with E-state index in [4.69, 9.17) is 21.1 Å². The van der Waals surface area contributed by atoms with Gasteiger partial charge in [0, 0.05) is 11.6 Å². The highest BCUT2D eigenvalue weighted by Crippen LogP contribution is 2.36. The van der Waals surface area contributed by atoms with Crippen molar-refractivity contribution < 1.29 is 14.3 Å². The van der Waals surface area contributed by atoms with Crippen LogP contribution in [-0.4, -0.2) is 33.0 Å². The maximum atomic E-state index is 12.5. The van der Waals surface area contributed by atoms with E-state index in [1.807, 2.05) is 54.0 Å². The standard InChI is InChI=1S/C23H23ClN4O3S/c1-3-11-28-22(20-13-30-18-9-4-5-10-19(18)31-20)26-27-23(28)32-14-21(29)25-15(2)16-7-6-8-17(24)12-16/h3-10,12,15,20H,1,11,13-14H2,2H3,(H,25,29). The molecule has 0 saturated carbocycles. The fourth-order valence-electron chi connectivity index (χ4n) is 3.36. The number of rotatable bonds is 8. The Bertz CT molecular complexity index is 1120. The van der Waals surface area contributed by atoms with Gasteiger partial charge in [-0.1, -0.05) is 53.7 Å². The van der Waals surface area contributed by atoms with Gasteiger partial charge in [-0.3, -0.25) is 9.36 Å². The number of nitrogens with one attached hydrogen (secondary N) is 1. The zero-order chi connectivity index (χ0) is 22.5. The topological polar surface area (TPSA) is 78.3 Å². The van der Waals surface area contributed by atoms with Crippen molar-refractivity contribution in [1.82, 2.24) is 20.1 Å². The quantitative estimate of drug-likeness (QED) is 0.383. The third kappa shape index (κ3) is 5.08. The van der Waals surface area contributed by atoms with Gasteiger partial charge in [0.05, 0.1) is 11.8 Å². The summed E-state index contributed by atoms with van der Waals surface area (Å²) in [5.41, 5.74) is 0.947. The predicted molar refractivity (Wildman–Crippen MR) is 124 cm³/mol. The van der Waals surface area contributed by atoms with E-state index < -0.39 is 6.10 Å². The number of hydrogen-bond donors (Lipinski definition) is 1. The molecule has 1 aromatic heterocycles. The first-order chi connectivity index (χ1) is 15.5. The van der Waals surface area contributed by atoms with Crippen LogP contribution in [0.15, 0.2) is 66.3 Å². The van der Waals surface area contributed by atoms with E-state index in [9.17, 15) is 4.79 Å². The van der Waals surface area contributed by atoms with E-state index in [0.29, 0.717) is 40.7 Å².